The second-order valence-corrected chi connectivity index (χ2v) is 10.5. The van der Waals surface area contributed by atoms with E-state index in [0.29, 0.717) is 6.73 Å². The molecule has 0 fully saturated rings. The molecule has 2 aromatic heterocycles. The summed E-state index contributed by atoms with van der Waals surface area (Å²) in [4.78, 5) is 12.7. The molecule has 5 nitrogen and oxygen atoms in total. The second kappa shape index (κ2) is 5.70. The molecule has 0 unspecified atom stereocenters. The zero-order valence-electron chi connectivity index (χ0n) is 10.8. The Morgan fingerprint density at radius 2 is 2.06 bits per heavy atom. The van der Waals surface area contributed by atoms with Gasteiger partial charge in [-0.1, -0.05) is 0 Å². The van der Waals surface area contributed by atoms with Crippen LogP contribution >= 0.6 is 32.6 Å². The fraction of sp³-hybridized carbons (Fsp3) is 0.545. The van der Waals surface area contributed by atoms with Gasteiger partial charge in [-0.15, -0.1) is 0 Å². The van der Waals surface area contributed by atoms with Gasteiger partial charge in [-0.25, -0.2) is 25.0 Å². The van der Waals surface area contributed by atoms with Crippen LogP contribution in [0, 0.1) is 3.70 Å². The Balaban J connectivity index is 1.98. The topological polar surface area (TPSA) is 52.8 Å². The summed E-state index contributed by atoms with van der Waals surface area (Å²) in [7, 11) is -0.491. The van der Waals surface area contributed by atoms with Gasteiger partial charge in [0, 0.05) is 5.75 Å². The molecule has 0 bridgehead atoms. The fourth-order valence-corrected chi connectivity index (χ4v) is 2.54. The number of ether oxygens (including phenoxy) is 1. The highest BCUT2D eigenvalue weighted by atomic mass is 127. The van der Waals surface area contributed by atoms with Crippen molar-refractivity contribution in [3.8, 4) is 0 Å². The lowest BCUT2D eigenvalue weighted by Crippen LogP contribution is -2.09. The summed E-state index contributed by atoms with van der Waals surface area (Å²) in [6.45, 7) is 1.28. The van der Waals surface area contributed by atoms with Gasteiger partial charge in [-0.3, -0.25) is 4.57 Å². The molecule has 0 aliphatic heterocycles. The van der Waals surface area contributed by atoms with Crippen molar-refractivity contribution in [2.24, 2.45) is 0 Å². The molecule has 0 aliphatic carbocycles. The highest BCUT2D eigenvalue weighted by molar-refractivity contribution is 14.1. The number of hydrogen-bond donors (Lipinski definition) is 0. The first-order valence-electron chi connectivity index (χ1n) is 5.52. The standard InChI is InChI=1S/C11H17IN4OS/c1-18(2,3)5-4-17-8-16-7-15-9-10(12)13-6-14-11(9)16/h6-7H,4-5,8H2,1-3H3. The van der Waals surface area contributed by atoms with Crippen LogP contribution in [0.2, 0.25) is 0 Å². The fourth-order valence-electron chi connectivity index (χ4n) is 1.42. The van der Waals surface area contributed by atoms with Crippen molar-refractivity contribution in [1.29, 1.82) is 0 Å². The summed E-state index contributed by atoms with van der Waals surface area (Å²) in [5, 5.41) is 0. The van der Waals surface area contributed by atoms with Crippen LogP contribution < -0.4 is 0 Å². The van der Waals surface area contributed by atoms with Gasteiger partial charge in [0.2, 0.25) is 0 Å². The second-order valence-electron chi connectivity index (χ2n) is 4.88. The van der Waals surface area contributed by atoms with Gasteiger partial charge >= 0.3 is 0 Å². The predicted octanol–water partition coefficient (Wildman–Crippen LogP) is 2.10. The highest BCUT2D eigenvalue weighted by Crippen LogP contribution is 2.33. The first-order valence-corrected chi connectivity index (χ1v) is 9.63. The molecule has 0 saturated heterocycles. The minimum Gasteiger partial charge on any atom is -0.360 e. The van der Waals surface area contributed by atoms with Gasteiger partial charge in [-0.05, 0) is 41.4 Å². The molecule has 2 aromatic rings. The number of halogens is 1. The van der Waals surface area contributed by atoms with Crippen molar-refractivity contribution < 1.29 is 4.74 Å². The van der Waals surface area contributed by atoms with Crippen molar-refractivity contribution in [2.75, 3.05) is 31.1 Å². The van der Waals surface area contributed by atoms with Gasteiger partial charge < -0.3 is 4.74 Å². The van der Waals surface area contributed by atoms with Crippen LogP contribution in [0.15, 0.2) is 12.7 Å². The molecule has 0 aromatic carbocycles. The van der Waals surface area contributed by atoms with Gasteiger partial charge in [0.05, 0.1) is 12.9 Å². The maximum Gasteiger partial charge on any atom is 0.166 e. The average Bonchev–Trinajstić information content (AvgIpc) is 2.68. The first-order chi connectivity index (χ1) is 8.47. The van der Waals surface area contributed by atoms with E-state index in [2.05, 4.69) is 56.3 Å². The minimum absolute atomic E-state index is 0.491. The zero-order valence-corrected chi connectivity index (χ0v) is 13.7. The molecule has 2 heterocycles. The van der Waals surface area contributed by atoms with Crippen LogP contribution in [0.25, 0.3) is 11.2 Å². The van der Waals surface area contributed by atoms with Crippen molar-refractivity contribution in [3.63, 3.8) is 0 Å². The summed E-state index contributed by atoms with van der Waals surface area (Å²) in [6, 6.07) is 0. The molecule has 2 rings (SSSR count). The van der Waals surface area contributed by atoms with Crippen molar-refractivity contribution in [1.82, 2.24) is 19.5 Å². The van der Waals surface area contributed by atoms with Crippen molar-refractivity contribution in [2.45, 2.75) is 6.73 Å². The number of aromatic nitrogens is 4. The van der Waals surface area contributed by atoms with E-state index in [9.17, 15) is 0 Å². The number of rotatable bonds is 5. The molecule has 0 aliphatic rings. The number of imidazole rings is 1. The molecular formula is C11H17IN4OS. The van der Waals surface area contributed by atoms with Gasteiger partial charge in [0.15, 0.2) is 5.65 Å². The van der Waals surface area contributed by atoms with Crippen LogP contribution in [0.4, 0.5) is 0 Å². The summed E-state index contributed by atoms with van der Waals surface area (Å²) in [5.74, 6) is 1.12. The van der Waals surface area contributed by atoms with Gasteiger partial charge in [0.25, 0.3) is 0 Å². The number of nitrogens with zero attached hydrogens (tertiary/aromatic N) is 4. The van der Waals surface area contributed by atoms with Gasteiger partial charge in [0.1, 0.15) is 22.3 Å². The SMILES string of the molecule is CS(C)(C)CCOCn1cnc2c(I)ncnc21. The summed E-state index contributed by atoms with van der Waals surface area (Å²) in [6.07, 6.45) is 10.2. The van der Waals surface area contributed by atoms with Crippen LogP contribution in [0.3, 0.4) is 0 Å². The van der Waals surface area contributed by atoms with E-state index < -0.39 is 10.0 Å². The molecule has 0 radical (unpaired) electrons. The summed E-state index contributed by atoms with van der Waals surface area (Å²) in [5.41, 5.74) is 1.67. The molecule has 100 valence electrons. The van der Waals surface area contributed by atoms with E-state index in [-0.39, 0.29) is 0 Å². The Labute approximate surface area is 122 Å². The molecule has 0 saturated carbocycles. The third-order valence-corrected chi connectivity index (χ3v) is 4.61. The summed E-state index contributed by atoms with van der Waals surface area (Å²) < 4.78 is 8.47. The lowest BCUT2D eigenvalue weighted by molar-refractivity contribution is 0.0919. The quantitative estimate of drug-likeness (QED) is 0.453. The van der Waals surface area contributed by atoms with Crippen molar-refractivity contribution >= 4 is 43.8 Å². The molecule has 7 heteroatoms. The molecule has 0 atom stereocenters. The van der Waals surface area contributed by atoms with E-state index in [1.165, 1.54) is 0 Å². The summed E-state index contributed by atoms with van der Waals surface area (Å²) >= 11 is 2.16. The number of fused-ring (bicyclic) bond motifs is 1. The highest BCUT2D eigenvalue weighted by Gasteiger charge is 2.08. The lowest BCUT2D eigenvalue weighted by atomic mass is 10.6. The Morgan fingerprint density at radius 1 is 1.28 bits per heavy atom. The van der Waals surface area contributed by atoms with E-state index in [1.54, 1.807) is 12.7 Å². The molecular weight excluding hydrogens is 363 g/mol. The molecule has 0 amide bonds. The first kappa shape index (κ1) is 14.0. The number of hydrogen-bond acceptors (Lipinski definition) is 4. The Morgan fingerprint density at radius 3 is 2.78 bits per heavy atom. The maximum atomic E-state index is 5.68. The van der Waals surface area contributed by atoms with Crippen LogP contribution in [0.5, 0.6) is 0 Å². The molecule has 18 heavy (non-hydrogen) atoms. The third kappa shape index (κ3) is 3.55. The average molecular weight is 380 g/mol. The molecule has 0 spiro atoms. The van der Waals surface area contributed by atoms with E-state index in [1.807, 2.05) is 4.57 Å². The monoisotopic (exact) mass is 380 g/mol. The van der Waals surface area contributed by atoms with Crippen LogP contribution in [0.1, 0.15) is 0 Å². The van der Waals surface area contributed by atoms with Crippen molar-refractivity contribution in [3.05, 3.63) is 16.4 Å². The normalized spacial score (nSPS) is 13.1. The predicted molar refractivity (Wildman–Crippen MR) is 84.2 cm³/mol. The molecule has 0 N–H and O–H groups in total. The third-order valence-electron chi connectivity index (χ3n) is 2.43. The van der Waals surface area contributed by atoms with E-state index in [0.717, 1.165) is 27.2 Å². The zero-order chi connectivity index (χ0) is 13.2. The van der Waals surface area contributed by atoms with Gasteiger partial charge in [-0.2, -0.15) is 0 Å². The van der Waals surface area contributed by atoms with Crippen LogP contribution in [-0.2, 0) is 11.5 Å². The minimum atomic E-state index is -0.491. The largest absolute Gasteiger partial charge is 0.360 e. The van der Waals surface area contributed by atoms with E-state index in [4.69, 9.17) is 4.74 Å². The lowest BCUT2D eigenvalue weighted by Gasteiger charge is -2.24. The van der Waals surface area contributed by atoms with E-state index >= 15 is 0 Å². The Hall–Kier alpha value is -0.410. The smallest absolute Gasteiger partial charge is 0.166 e. The Kier molecular flexibility index (Phi) is 4.44. The van der Waals surface area contributed by atoms with Crippen LogP contribution in [-0.4, -0.2) is 50.6 Å². The Bertz CT molecular complexity index is 537. The maximum absolute atomic E-state index is 5.68.